The summed E-state index contributed by atoms with van der Waals surface area (Å²) in [5.41, 5.74) is 0.753. The minimum absolute atomic E-state index is 0.199. The fourth-order valence-electron chi connectivity index (χ4n) is 1.58. The van der Waals surface area contributed by atoms with Crippen molar-refractivity contribution in [2.45, 2.75) is 12.5 Å². The van der Waals surface area contributed by atoms with Crippen molar-refractivity contribution in [1.82, 2.24) is 5.32 Å². The largest absolute Gasteiger partial charge is 0.447 e. The SMILES string of the molecule is N#Cc1ccc(C[C@H]2COC(=O)N2)c(F)c1. The standard InChI is InChI=1S/C11H9FN2O2/c12-10-3-7(5-13)1-2-8(10)4-9-6-16-11(15)14-9/h1-3,9H,4,6H2,(H,14,15)/t9-/m0/s1. The van der Waals surface area contributed by atoms with Gasteiger partial charge in [-0.2, -0.15) is 5.26 Å². The van der Waals surface area contributed by atoms with Gasteiger partial charge in [-0.05, 0) is 24.1 Å². The van der Waals surface area contributed by atoms with Gasteiger partial charge in [0.15, 0.2) is 0 Å². The fraction of sp³-hybridized carbons (Fsp3) is 0.273. The van der Waals surface area contributed by atoms with Crippen molar-refractivity contribution in [2.24, 2.45) is 0 Å². The first kappa shape index (κ1) is 10.4. The van der Waals surface area contributed by atoms with Gasteiger partial charge in [0.1, 0.15) is 12.4 Å². The number of nitrogens with one attached hydrogen (secondary N) is 1. The molecule has 0 spiro atoms. The topological polar surface area (TPSA) is 62.1 Å². The zero-order chi connectivity index (χ0) is 11.5. The van der Waals surface area contributed by atoms with Crippen LogP contribution in [0.15, 0.2) is 18.2 Å². The van der Waals surface area contributed by atoms with Crippen LogP contribution in [-0.2, 0) is 11.2 Å². The molecule has 0 radical (unpaired) electrons. The van der Waals surface area contributed by atoms with Gasteiger partial charge >= 0.3 is 6.09 Å². The monoisotopic (exact) mass is 220 g/mol. The highest BCUT2D eigenvalue weighted by atomic mass is 19.1. The van der Waals surface area contributed by atoms with Crippen molar-refractivity contribution in [3.63, 3.8) is 0 Å². The van der Waals surface area contributed by atoms with Crippen LogP contribution in [0.3, 0.4) is 0 Å². The molecule has 1 aliphatic heterocycles. The Morgan fingerprint density at radius 2 is 2.44 bits per heavy atom. The summed E-state index contributed by atoms with van der Waals surface area (Å²) in [6.07, 6.45) is -0.109. The molecule has 16 heavy (non-hydrogen) atoms. The highest BCUT2D eigenvalue weighted by molar-refractivity contribution is 5.69. The number of rotatable bonds is 2. The number of hydrogen-bond acceptors (Lipinski definition) is 3. The van der Waals surface area contributed by atoms with Gasteiger partial charge in [-0.1, -0.05) is 6.07 Å². The van der Waals surface area contributed by atoms with Crippen LogP contribution in [0.5, 0.6) is 0 Å². The van der Waals surface area contributed by atoms with Crippen LogP contribution in [-0.4, -0.2) is 18.7 Å². The Labute approximate surface area is 91.6 Å². The lowest BCUT2D eigenvalue weighted by Gasteiger charge is -2.08. The zero-order valence-electron chi connectivity index (χ0n) is 8.37. The second kappa shape index (κ2) is 4.19. The van der Waals surface area contributed by atoms with Crippen molar-refractivity contribution >= 4 is 6.09 Å². The molecule has 0 bridgehead atoms. The summed E-state index contributed by atoms with van der Waals surface area (Å²) in [6.45, 7) is 0.248. The number of carbonyl (C=O) groups excluding carboxylic acids is 1. The molecule has 82 valence electrons. The predicted octanol–water partition coefficient (Wildman–Crippen LogP) is 1.35. The summed E-state index contributed by atoms with van der Waals surface area (Å²) in [6, 6.07) is 5.96. The third-order valence-electron chi connectivity index (χ3n) is 2.39. The average molecular weight is 220 g/mol. The van der Waals surface area contributed by atoms with Gasteiger partial charge in [0.2, 0.25) is 0 Å². The molecule has 0 aromatic heterocycles. The normalized spacial score (nSPS) is 18.8. The molecule has 1 aromatic rings. The van der Waals surface area contributed by atoms with Crippen LogP contribution in [0, 0.1) is 17.1 Å². The summed E-state index contributed by atoms with van der Waals surface area (Å²) in [4.78, 5) is 10.8. The lowest BCUT2D eigenvalue weighted by atomic mass is 10.0. The van der Waals surface area contributed by atoms with Crippen molar-refractivity contribution < 1.29 is 13.9 Å². The number of cyclic esters (lactones) is 1. The van der Waals surface area contributed by atoms with Crippen LogP contribution in [0.25, 0.3) is 0 Å². The van der Waals surface area contributed by atoms with E-state index in [0.717, 1.165) is 0 Å². The lowest BCUT2D eigenvalue weighted by Crippen LogP contribution is -2.28. The third-order valence-corrected chi connectivity index (χ3v) is 2.39. The van der Waals surface area contributed by atoms with E-state index in [1.165, 1.54) is 6.07 Å². The molecule has 1 aromatic carbocycles. The van der Waals surface area contributed by atoms with Gasteiger partial charge in [-0.15, -0.1) is 0 Å². The van der Waals surface area contributed by atoms with E-state index in [1.54, 1.807) is 12.1 Å². The Kier molecular flexibility index (Phi) is 2.73. The van der Waals surface area contributed by atoms with Crippen molar-refractivity contribution in [3.8, 4) is 6.07 Å². The quantitative estimate of drug-likeness (QED) is 0.818. The van der Waals surface area contributed by atoms with Crippen LogP contribution >= 0.6 is 0 Å². The Bertz CT molecular complexity index is 468. The van der Waals surface area contributed by atoms with Gasteiger partial charge in [-0.3, -0.25) is 0 Å². The van der Waals surface area contributed by atoms with Crippen molar-refractivity contribution in [1.29, 1.82) is 5.26 Å². The summed E-state index contributed by atoms with van der Waals surface area (Å²) < 4.78 is 18.2. The summed E-state index contributed by atoms with van der Waals surface area (Å²) in [7, 11) is 0. The first-order chi connectivity index (χ1) is 7.69. The van der Waals surface area contributed by atoms with E-state index in [4.69, 9.17) is 10.00 Å². The van der Waals surface area contributed by atoms with Gasteiger partial charge < -0.3 is 10.1 Å². The molecule has 0 unspecified atom stereocenters. The van der Waals surface area contributed by atoms with E-state index >= 15 is 0 Å². The molecule has 1 heterocycles. The smallest absolute Gasteiger partial charge is 0.407 e. The van der Waals surface area contributed by atoms with Crippen LogP contribution in [0.4, 0.5) is 9.18 Å². The van der Waals surface area contributed by atoms with E-state index in [9.17, 15) is 9.18 Å². The first-order valence-electron chi connectivity index (χ1n) is 4.81. The van der Waals surface area contributed by atoms with Gasteiger partial charge in [-0.25, -0.2) is 9.18 Å². The van der Waals surface area contributed by atoms with E-state index in [2.05, 4.69) is 5.32 Å². The Morgan fingerprint density at radius 1 is 1.62 bits per heavy atom. The van der Waals surface area contributed by atoms with Crippen molar-refractivity contribution in [2.75, 3.05) is 6.61 Å². The molecular weight excluding hydrogens is 211 g/mol. The summed E-state index contributed by atoms with van der Waals surface area (Å²) >= 11 is 0. The zero-order valence-corrected chi connectivity index (χ0v) is 8.37. The van der Waals surface area contributed by atoms with Crippen LogP contribution in [0.2, 0.25) is 0 Å². The molecule has 1 aliphatic rings. The maximum Gasteiger partial charge on any atom is 0.407 e. The molecule has 1 saturated heterocycles. The minimum Gasteiger partial charge on any atom is -0.447 e. The van der Waals surface area contributed by atoms with Gasteiger partial charge in [0.25, 0.3) is 0 Å². The Hall–Kier alpha value is -2.09. The second-order valence-corrected chi connectivity index (χ2v) is 3.56. The molecule has 1 atom stereocenters. The number of nitrogens with zero attached hydrogens (tertiary/aromatic N) is 1. The molecule has 5 heteroatoms. The lowest BCUT2D eigenvalue weighted by molar-refractivity contribution is 0.177. The Morgan fingerprint density at radius 3 is 3.00 bits per heavy atom. The van der Waals surface area contributed by atoms with E-state index < -0.39 is 11.9 Å². The molecule has 0 aliphatic carbocycles. The molecule has 1 fully saturated rings. The molecule has 4 nitrogen and oxygen atoms in total. The molecule has 1 N–H and O–H groups in total. The number of alkyl carbamates (subject to hydrolysis) is 1. The van der Waals surface area contributed by atoms with Gasteiger partial charge in [0, 0.05) is 0 Å². The Balaban J connectivity index is 2.10. The fourth-order valence-corrected chi connectivity index (χ4v) is 1.58. The summed E-state index contributed by atoms with van der Waals surface area (Å²) in [5, 5.41) is 11.1. The maximum absolute atomic E-state index is 13.5. The number of hydrogen-bond donors (Lipinski definition) is 1. The maximum atomic E-state index is 13.5. The van der Waals surface area contributed by atoms with Crippen LogP contribution < -0.4 is 5.32 Å². The minimum atomic E-state index is -0.473. The third kappa shape index (κ3) is 2.11. The van der Waals surface area contributed by atoms with Crippen LogP contribution in [0.1, 0.15) is 11.1 Å². The number of amides is 1. The van der Waals surface area contributed by atoms with E-state index in [0.29, 0.717) is 12.0 Å². The number of nitriles is 1. The summed E-state index contributed by atoms with van der Waals surface area (Å²) in [5.74, 6) is -0.430. The highest BCUT2D eigenvalue weighted by Crippen LogP contribution is 2.13. The molecule has 1 amide bonds. The number of halogens is 1. The first-order valence-corrected chi connectivity index (χ1v) is 4.81. The second-order valence-electron chi connectivity index (χ2n) is 3.56. The van der Waals surface area contributed by atoms with E-state index in [-0.39, 0.29) is 18.2 Å². The molecular formula is C11H9FN2O2. The predicted molar refractivity (Wildman–Crippen MR) is 53.1 cm³/mol. The number of benzene rings is 1. The van der Waals surface area contributed by atoms with E-state index in [1.807, 2.05) is 6.07 Å². The number of carbonyl (C=O) groups is 1. The average Bonchev–Trinajstić information content (AvgIpc) is 2.67. The highest BCUT2D eigenvalue weighted by Gasteiger charge is 2.23. The molecule has 0 saturated carbocycles. The van der Waals surface area contributed by atoms with Gasteiger partial charge in [0.05, 0.1) is 17.7 Å². The number of ether oxygens (including phenoxy) is 1. The molecule has 2 rings (SSSR count). The van der Waals surface area contributed by atoms with Crippen molar-refractivity contribution in [3.05, 3.63) is 35.1 Å².